The summed E-state index contributed by atoms with van der Waals surface area (Å²) in [7, 11) is 0. The van der Waals surface area contributed by atoms with E-state index in [1.807, 2.05) is 0 Å². The lowest BCUT2D eigenvalue weighted by molar-refractivity contribution is 0.103. The first-order chi connectivity index (χ1) is 9.56. The predicted molar refractivity (Wildman–Crippen MR) is 86.0 cm³/mol. The minimum atomic E-state index is -0.234. The standard InChI is InChI=1S/C13H11ClN2O2S2/c14-10-5-6-20-12(10)13(17)16-8-1-3-9(4-2-8)18-7-11(15)19/h1-6H,7H2,(H2,15,19)(H,16,17). The Labute approximate surface area is 130 Å². The topological polar surface area (TPSA) is 64.3 Å². The number of benzene rings is 1. The summed E-state index contributed by atoms with van der Waals surface area (Å²) in [5.41, 5.74) is 6.00. The first-order valence-electron chi connectivity index (χ1n) is 5.62. The van der Waals surface area contributed by atoms with Crippen molar-refractivity contribution in [3.05, 3.63) is 45.6 Å². The highest BCUT2D eigenvalue weighted by molar-refractivity contribution is 7.80. The molecule has 2 aromatic rings. The molecular weight excluding hydrogens is 316 g/mol. The number of thiocarbonyl (C=S) groups is 1. The third kappa shape index (κ3) is 3.93. The second-order valence-electron chi connectivity index (χ2n) is 3.83. The van der Waals surface area contributed by atoms with Crippen LogP contribution < -0.4 is 15.8 Å². The second kappa shape index (κ2) is 6.69. The normalized spacial score (nSPS) is 10.1. The lowest BCUT2D eigenvalue weighted by Crippen LogP contribution is -2.17. The molecule has 0 atom stereocenters. The average molecular weight is 327 g/mol. The summed E-state index contributed by atoms with van der Waals surface area (Å²) in [6.45, 7) is 0.186. The maximum Gasteiger partial charge on any atom is 0.267 e. The number of nitrogens with two attached hydrogens (primary N) is 1. The molecule has 1 amide bonds. The van der Waals surface area contributed by atoms with Crippen molar-refractivity contribution >= 4 is 51.7 Å². The molecule has 0 spiro atoms. The fourth-order valence-electron chi connectivity index (χ4n) is 1.43. The Kier molecular flexibility index (Phi) is 4.94. The summed E-state index contributed by atoms with van der Waals surface area (Å²) < 4.78 is 5.32. The summed E-state index contributed by atoms with van der Waals surface area (Å²) >= 11 is 11.9. The first kappa shape index (κ1) is 14.8. The van der Waals surface area contributed by atoms with Crippen LogP contribution in [0.1, 0.15) is 9.67 Å². The van der Waals surface area contributed by atoms with Crippen LogP contribution in [0.2, 0.25) is 5.02 Å². The number of hydrogen-bond donors (Lipinski definition) is 2. The van der Waals surface area contributed by atoms with Gasteiger partial charge in [-0.25, -0.2) is 0 Å². The van der Waals surface area contributed by atoms with Crippen LogP contribution in [0.15, 0.2) is 35.7 Å². The zero-order valence-corrected chi connectivity index (χ0v) is 12.6. The van der Waals surface area contributed by atoms with Crippen molar-refractivity contribution in [1.29, 1.82) is 0 Å². The Morgan fingerprint density at radius 2 is 2.05 bits per heavy atom. The fourth-order valence-corrected chi connectivity index (χ4v) is 2.53. The van der Waals surface area contributed by atoms with E-state index in [4.69, 9.17) is 34.3 Å². The van der Waals surface area contributed by atoms with Crippen LogP contribution in [0.3, 0.4) is 0 Å². The molecule has 0 aliphatic heterocycles. The van der Waals surface area contributed by atoms with Crippen LogP contribution in [-0.4, -0.2) is 17.5 Å². The molecule has 0 fully saturated rings. The number of amides is 1. The first-order valence-corrected chi connectivity index (χ1v) is 7.28. The summed E-state index contributed by atoms with van der Waals surface area (Å²) in [6, 6.07) is 8.60. The van der Waals surface area contributed by atoms with Crippen molar-refractivity contribution in [3.63, 3.8) is 0 Å². The maximum atomic E-state index is 11.9. The highest BCUT2D eigenvalue weighted by atomic mass is 35.5. The third-order valence-electron chi connectivity index (χ3n) is 2.32. The van der Waals surface area contributed by atoms with E-state index in [-0.39, 0.29) is 17.5 Å². The van der Waals surface area contributed by atoms with Gasteiger partial charge in [0.15, 0.2) is 0 Å². The molecule has 104 valence electrons. The molecule has 0 saturated carbocycles. The monoisotopic (exact) mass is 326 g/mol. The fraction of sp³-hybridized carbons (Fsp3) is 0.0769. The van der Waals surface area contributed by atoms with Crippen molar-refractivity contribution < 1.29 is 9.53 Å². The number of ether oxygens (including phenoxy) is 1. The van der Waals surface area contributed by atoms with Gasteiger partial charge in [-0.05, 0) is 35.7 Å². The highest BCUT2D eigenvalue weighted by Crippen LogP contribution is 2.23. The van der Waals surface area contributed by atoms with Gasteiger partial charge in [-0.15, -0.1) is 11.3 Å². The number of halogens is 1. The van der Waals surface area contributed by atoms with Crippen molar-refractivity contribution in [3.8, 4) is 5.75 Å². The van der Waals surface area contributed by atoms with E-state index in [9.17, 15) is 4.79 Å². The maximum absolute atomic E-state index is 11.9. The lowest BCUT2D eigenvalue weighted by Gasteiger charge is -2.07. The molecule has 0 aliphatic carbocycles. The summed E-state index contributed by atoms with van der Waals surface area (Å²) in [5, 5.41) is 4.97. The molecule has 1 aromatic heterocycles. The van der Waals surface area contributed by atoms with E-state index in [0.29, 0.717) is 21.3 Å². The van der Waals surface area contributed by atoms with Crippen LogP contribution in [-0.2, 0) is 0 Å². The third-order valence-corrected chi connectivity index (χ3v) is 3.77. The molecule has 7 heteroatoms. The summed E-state index contributed by atoms with van der Waals surface area (Å²) in [6.07, 6.45) is 0. The summed E-state index contributed by atoms with van der Waals surface area (Å²) in [4.78, 5) is 12.7. The Morgan fingerprint density at radius 1 is 1.35 bits per heavy atom. The van der Waals surface area contributed by atoms with E-state index in [1.54, 1.807) is 35.7 Å². The van der Waals surface area contributed by atoms with Gasteiger partial charge in [0, 0.05) is 5.69 Å². The number of hydrogen-bond acceptors (Lipinski definition) is 4. The van der Waals surface area contributed by atoms with Gasteiger partial charge in [0.2, 0.25) is 0 Å². The van der Waals surface area contributed by atoms with Gasteiger partial charge >= 0.3 is 0 Å². The SMILES string of the molecule is NC(=S)COc1ccc(NC(=O)c2sccc2Cl)cc1. The quantitative estimate of drug-likeness (QED) is 0.827. The van der Waals surface area contributed by atoms with Crippen molar-refractivity contribution in [2.75, 3.05) is 11.9 Å². The van der Waals surface area contributed by atoms with Gasteiger partial charge in [0.1, 0.15) is 22.2 Å². The van der Waals surface area contributed by atoms with Crippen molar-refractivity contribution in [2.45, 2.75) is 0 Å². The van der Waals surface area contributed by atoms with Gasteiger partial charge in [-0.3, -0.25) is 4.79 Å². The van der Waals surface area contributed by atoms with Crippen LogP contribution in [0.5, 0.6) is 5.75 Å². The van der Waals surface area contributed by atoms with Crippen molar-refractivity contribution in [1.82, 2.24) is 0 Å². The minimum absolute atomic E-state index is 0.186. The van der Waals surface area contributed by atoms with Crippen molar-refractivity contribution in [2.24, 2.45) is 5.73 Å². The zero-order valence-electron chi connectivity index (χ0n) is 10.3. The predicted octanol–water partition coefficient (Wildman–Crippen LogP) is 3.32. The molecule has 1 aromatic carbocycles. The molecule has 2 rings (SSSR count). The van der Waals surface area contributed by atoms with E-state index >= 15 is 0 Å². The Bertz CT molecular complexity index is 626. The molecule has 0 unspecified atom stereocenters. The van der Waals surface area contributed by atoms with E-state index in [2.05, 4.69) is 5.32 Å². The van der Waals surface area contributed by atoms with Gasteiger partial charge in [0.05, 0.1) is 5.02 Å². The lowest BCUT2D eigenvalue weighted by atomic mass is 10.3. The average Bonchev–Trinajstić information content (AvgIpc) is 2.84. The number of nitrogens with one attached hydrogen (secondary N) is 1. The van der Waals surface area contributed by atoms with Gasteiger partial charge < -0.3 is 15.8 Å². The highest BCUT2D eigenvalue weighted by Gasteiger charge is 2.11. The Hall–Kier alpha value is -1.63. The van der Waals surface area contributed by atoms with Crippen LogP contribution in [0.25, 0.3) is 0 Å². The molecule has 20 heavy (non-hydrogen) atoms. The van der Waals surface area contributed by atoms with E-state index < -0.39 is 0 Å². The molecule has 3 N–H and O–H groups in total. The Balaban J connectivity index is 1.99. The number of carbonyl (C=O) groups excluding carboxylic acids is 1. The van der Waals surface area contributed by atoms with E-state index in [0.717, 1.165) is 0 Å². The molecule has 0 saturated heterocycles. The zero-order chi connectivity index (χ0) is 14.5. The van der Waals surface area contributed by atoms with Gasteiger partial charge in [-0.2, -0.15) is 0 Å². The van der Waals surface area contributed by atoms with E-state index in [1.165, 1.54) is 11.3 Å². The molecule has 1 heterocycles. The Morgan fingerprint density at radius 3 is 2.60 bits per heavy atom. The van der Waals surface area contributed by atoms with Gasteiger partial charge in [0.25, 0.3) is 5.91 Å². The number of carbonyl (C=O) groups is 1. The summed E-state index contributed by atoms with van der Waals surface area (Å²) in [5.74, 6) is 0.395. The van der Waals surface area contributed by atoms with Crippen LogP contribution in [0.4, 0.5) is 5.69 Å². The largest absolute Gasteiger partial charge is 0.487 e. The minimum Gasteiger partial charge on any atom is -0.487 e. The molecular formula is C13H11ClN2O2S2. The molecule has 0 radical (unpaired) electrons. The van der Waals surface area contributed by atoms with Crippen LogP contribution >= 0.6 is 35.2 Å². The molecule has 0 aliphatic rings. The van der Waals surface area contributed by atoms with Crippen LogP contribution in [0, 0.1) is 0 Å². The number of rotatable bonds is 5. The second-order valence-corrected chi connectivity index (χ2v) is 5.68. The van der Waals surface area contributed by atoms with Gasteiger partial charge in [-0.1, -0.05) is 23.8 Å². The smallest absolute Gasteiger partial charge is 0.267 e. The number of thiophene rings is 1. The molecule has 0 bridgehead atoms. The molecule has 4 nitrogen and oxygen atoms in total. The number of anilines is 1.